The van der Waals surface area contributed by atoms with Crippen molar-refractivity contribution >= 4 is 102 Å². The molecule has 0 aliphatic heterocycles. The van der Waals surface area contributed by atoms with Crippen LogP contribution in [-0.4, -0.2) is 143 Å². The lowest BCUT2D eigenvalue weighted by Gasteiger charge is -2.01. The number of rotatable bonds is 14. The fraction of sp³-hybridized carbons (Fsp3) is 0.444. The summed E-state index contributed by atoms with van der Waals surface area (Å²) in [6.45, 7) is 13.2. The van der Waals surface area contributed by atoms with Crippen LogP contribution < -0.4 is 0 Å². The second kappa shape index (κ2) is 34.9. The summed E-state index contributed by atoms with van der Waals surface area (Å²) < 4.78 is 27.4. The van der Waals surface area contributed by atoms with Gasteiger partial charge < -0.3 is 64.2 Å². The normalized spacial score (nSPS) is 9.21. The summed E-state index contributed by atoms with van der Waals surface area (Å²) in [5.74, 6) is -9.30. The number of aryl methyl sites for hydroxylation is 1. The average molecular weight is 958 g/mol. The summed E-state index contributed by atoms with van der Waals surface area (Å²) in [5.41, 5.74) is 0.963. The third kappa shape index (κ3) is 23.9. The molecule has 0 fully saturated rings. The third-order valence-corrected chi connectivity index (χ3v) is 9.62. The van der Waals surface area contributed by atoms with E-state index in [1.54, 1.807) is 46.9 Å². The zero-order valence-corrected chi connectivity index (χ0v) is 37.1. The molecule has 0 bridgehead atoms. The van der Waals surface area contributed by atoms with E-state index in [9.17, 15) is 48.6 Å². The monoisotopic (exact) mass is 957 g/mol. The molecule has 0 amide bonds. The molecule has 0 spiro atoms. The zero-order valence-electron chi connectivity index (χ0n) is 33.9. The van der Waals surface area contributed by atoms with Crippen LogP contribution in [0.15, 0.2) is 10.8 Å². The Morgan fingerprint density at radius 1 is 0.516 bits per heavy atom. The molecule has 7 N–H and O–H groups in total. The lowest BCUT2D eigenvalue weighted by Crippen LogP contribution is -2.19. The zero-order chi connectivity index (χ0) is 46.5. The summed E-state index contributed by atoms with van der Waals surface area (Å²) in [4.78, 5) is 84.3. The van der Waals surface area contributed by atoms with Crippen molar-refractivity contribution < 1.29 is 103 Å². The number of esters is 6. The summed E-state index contributed by atoms with van der Waals surface area (Å²) in [5, 5.41) is 66.1. The quantitative estimate of drug-likeness (QED) is 0.0481. The highest BCUT2D eigenvalue weighted by Gasteiger charge is 2.28. The largest absolute Gasteiger partial charge is 0.507 e. The molecular formula is C36H50BO21S4. The third-order valence-electron chi connectivity index (χ3n) is 5.62. The van der Waals surface area contributed by atoms with Gasteiger partial charge in [-0.1, -0.05) is 7.43 Å². The highest BCUT2D eigenvalue weighted by Crippen LogP contribution is 2.41. The van der Waals surface area contributed by atoms with Gasteiger partial charge in [-0.15, -0.1) is 45.8 Å². The average Bonchev–Trinajstić information content (AvgIpc) is 3.82. The molecule has 347 valence electrons. The fourth-order valence-corrected chi connectivity index (χ4v) is 6.09. The van der Waals surface area contributed by atoms with E-state index in [-0.39, 0.29) is 75.5 Å². The van der Waals surface area contributed by atoms with Crippen LogP contribution in [0.4, 0.5) is 0 Å². The molecule has 0 unspecified atom stereocenters. The van der Waals surface area contributed by atoms with Gasteiger partial charge in [-0.3, -0.25) is 9.59 Å². The number of carbonyl (C=O) groups is 8. The summed E-state index contributed by atoms with van der Waals surface area (Å²) in [7, 11) is 0. The highest BCUT2D eigenvalue weighted by molar-refractivity contribution is 8.00. The van der Waals surface area contributed by atoms with Gasteiger partial charge >= 0.3 is 47.8 Å². The second-order valence-electron chi connectivity index (χ2n) is 9.95. The Hall–Kier alpha value is -5.73. The number of hydrogen-bond acceptors (Lipinski definition) is 23. The van der Waals surface area contributed by atoms with Gasteiger partial charge in [0.05, 0.1) is 51.1 Å². The molecule has 62 heavy (non-hydrogen) atoms. The molecule has 3 heterocycles. The standard InChI is InChI=1S/C10H12O6S.C8H14O4S.C6H4O6S.C6H10O4.C5H6OS.CH4.B/c1-3-15-9(13)7-5(11)6(12)8(17-7)10(14)16-4-2;1-3-11-7(9)5-13-6-8(10)12-4-2;7-1-2(8)4(6(11)12)13-3(1)5(9)10;1-3-9-5(7)6(8)10-4-2;1-4-2-7-3-5(4)6;;/h11-12H,3-4H2,1-2H3;3-6H2,1-2H3;7-8H,(H,9,10)(H,11,12);3-4H2,1-2H3;2-3,6H,1H3;1H4;. The highest BCUT2D eigenvalue weighted by atomic mass is 32.2. The first kappa shape index (κ1) is 62.9. The molecule has 0 aromatic carbocycles. The Morgan fingerprint density at radius 2 is 0.823 bits per heavy atom. The van der Waals surface area contributed by atoms with Gasteiger partial charge in [0.1, 0.15) is 5.75 Å². The molecule has 0 atom stereocenters. The number of thiophene rings is 3. The fourth-order valence-electron chi connectivity index (χ4n) is 3.14. The minimum absolute atomic E-state index is 0. The summed E-state index contributed by atoms with van der Waals surface area (Å²) in [6, 6.07) is 0. The van der Waals surface area contributed by atoms with Crippen LogP contribution in [-0.2, 0) is 47.6 Å². The van der Waals surface area contributed by atoms with Crippen molar-refractivity contribution in [2.45, 2.75) is 55.9 Å². The van der Waals surface area contributed by atoms with Gasteiger partial charge in [-0.25, -0.2) is 28.8 Å². The maximum atomic E-state index is 11.4. The van der Waals surface area contributed by atoms with Crippen LogP contribution in [0.25, 0.3) is 0 Å². The van der Waals surface area contributed by atoms with Gasteiger partial charge in [-0.2, -0.15) is 0 Å². The molecule has 0 saturated carbocycles. The van der Waals surface area contributed by atoms with Crippen LogP contribution in [0.3, 0.4) is 0 Å². The van der Waals surface area contributed by atoms with Crippen molar-refractivity contribution in [2.75, 3.05) is 51.1 Å². The molecule has 21 nitrogen and oxygen atoms in total. The summed E-state index contributed by atoms with van der Waals surface area (Å²) in [6.07, 6.45) is 0. The number of hydrogen-bond donors (Lipinski definition) is 7. The Labute approximate surface area is 374 Å². The van der Waals surface area contributed by atoms with Crippen molar-refractivity contribution in [3.63, 3.8) is 0 Å². The van der Waals surface area contributed by atoms with E-state index in [4.69, 9.17) is 25.5 Å². The smallest absolute Gasteiger partial charge is 0.417 e. The Bertz CT molecular complexity index is 1740. The van der Waals surface area contributed by atoms with Crippen molar-refractivity contribution in [1.82, 2.24) is 0 Å². The van der Waals surface area contributed by atoms with Gasteiger partial charge in [0.25, 0.3) is 0 Å². The van der Waals surface area contributed by atoms with E-state index in [1.807, 2.05) is 12.3 Å². The lowest BCUT2D eigenvalue weighted by molar-refractivity contribution is -0.167. The number of aromatic carboxylic acids is 2. The Morgan fingerprint density at radius 3 is 1.05 bits per heavy atom. The van der Waals surface area contributed by atoms with E-state index in [2.05, 4.69) is 28.4 Å². The van der Waals surface area contributed by atoms with E-state index in [1.165, 1.54) is 23.1 Å². The minimum atomic E-state index is -1.48. The molecule has 3 radical (unpaired) electrons. The number of carbonyl (C=O) groups excluding carboxylic acids is 6. The first-order chi connectivity index (χ1) is 28.2. The van der Waals surface area contributed by atoms with E-state index in [0.717, 1.165) is 5.56 Å². The molecule has 26 heteroatoms. The van der Waals surface area contributed by atoms with Crippen LogP contribution in [0.2, 0.25) is 0 Å². The van der Waals surface area contributed by atoms with Crippen LogP contribution in [0, 0.1) is 6.92 Å². The summed E-state index contributed by atoms with van der Waals surface area (Å²) >= 11 is 3.65. The van der Waals surface area contributed by atoms with E-state index < -0.39 is 68.6 Å². The van der Waals surface area contributed by atoms with Gasteiger partial charge in [0.15, 0.2) is 42.5 Å². The van der Waals surface area contributed by atoms with E-state index >= 15 is 0 Å². The SMILES string of the molecule is C.CCOC(=O)C(=O)OCC.CCOC(=O)CSCC(=O)OCC.CCOC(=O)c1sc(C(=O)OCC)c(O)c1O.Cc1cscc1O.O=C(O)c1sc(C(=O)O)c(O)c1O.[B]. The molecule has 3 aromatic heterocycles. The molecular weight excluding hydrogens is 907 g/mol. The molecule has 0 aliphatic carbocycles. The molecule has 3 aromatic rings. The topological polar surface area (TPSA) is 334 Å². The second-order valence-corrected chi connectivity index (χ2v) is 13.7. The van der Waals surface area contributed by atoms with Gasteiger partial charge in [0, 0.05) is 19.4 Å². The van der Waals surface area contributed by atoms with Crippen molar-refractivity contribution in [2.24, 2.45) is 0 Å². The number of carboxylic acid groups (broad SMARTS) is 2. The molecule has 0 aliphatic rings. The van der Waals surface area contributed by atoms with Crippen LogP contribution in [0.5, 0.6) is 28.7 Å². The molecule has 0 saturated heterocycles. The molecule has 3 rings (SSSR count). The van der Waals surface area contributed by atoms with E-state index in [0.29, 0.717) is 41.6 Å². The van der Waals surface area contributed by atoms with Gasteiger partial charge in [-0.05, 0) is 53.8 Å². The number of carboxylic acids is 2. The number of thioether (sulfide) groups is 1. The number of aromatic hydroxyl groups is 5. The maximum absolute atomic E-state index is 11.4. The predicted molar refractivity (Wildman–Crippen MR) is 228 cm³/mol. The predicted octanol–water partition coefficient (Wildman–Crippen LogP) is 5.04. The lowest BCUT2D eigenvalue weighted by atomic mass is 10.3. The first-order valence-electron chi connectivity index (χ1n) is 17.0. The Kier molecular flexibility index (Phi) is 35.4. The maximum Gasteiger partial charge on any atom is 0.417 e. The van der Waals surface area contributed by atoms with Crippen molar-refractivity contribution in [3.05, 3.63) is 35.8 Å². The van der Waals surface area contributed by atoms with Gasteiger partial charge in [0.2, 0.25) is 0 Å². The minimum Gasteiger partial charge on any atom is -0.507 e. The van der Waals surface area contributed by atoms with Crippen LogP contribution >= 0.6 is 45.8 Å². The van der Waals surface area contributed by atoms with Crippen molar-refractivity contribution in [3.8, 4) is 28.7 Å². The number of ether oxygens (including phenoxy) is 6. The first-order valence-corrected chi connectivity index (χ1v) is 20.8. The van der Waals surface area contributed by atoms with Crippen LogP contribution in [0.1, 0.15) is 93.2 Å². The Balaban J connectivity index is -0.000000345. The van der Waals surface area contributed by atoms with Crippen molar-refractivity contribution in [1.29, 1.82) is 0 Å².